The van der Waals surface area contributed by atoms with Crippen molar-refractivity contribution in [3.05, 3.63) is 28.6 Å². The van der Waals surface area contributed by atoms with Crippen LogP contribution in [0.1, 0.15) is 28.4 Å². The highest BCUT2D eigenvalue weighted by atomic mass is 35.5. The van der Waals surface area contributed by atoms with Crippen molar-refractivity contribution >= 4 is 27.5 Å². The third-order valence-corrected chi connectivity index (χ3v) is 5.06. The molecule has 0 saturated carbocycles. The predicted octanol–water partition coefficient (Wildman–Crippen LogP) is 2.21. The number of nitrogens with one attached hydrogen (secondary N) is 1. The van der Waals surface area contributed by atoms with Gasteiger partial charge in [0.05, 0.1) is 12.7 Å². The topological polar surface area (TPSA) is 107 Å². The number of hydrogen-bond acceptors (Lipinski definition) is 6. The number of rotatable bonds is 5. The Morgan fingerprint density at radius 1 is 1.40 bits per heavy atom. The number of carbonyl (C=O) groups excluding carboxylic acids is 1. The van der Waals surface area contributed by atoms with E-state index in [-0.39, 0.29) is 16.3 Å². The molecule has 1 N–H and O–H groups in total. The molecular weight excluding hydrogens is 389 g/mol. The van der Waals surface area contributed by atoms with Crippen LogP contribution in [0.3, 0.4) is 0 Å². The maximum absolute atomic E-state index is 12.2. The van der Waals surface area contributed by atoms with E-state index < -0.39 is 45.9 Å². The van der Waals surface area contributed by atoms with E-state index in [0.717, 1.165) is 10.9 Å². The van der Waals surface area contributed by atoms with Crippen molar-refractivity contribution in [2.45, 2.75) is 37.9 Å². The van der Waals surface area contributed by atoms with Crippen LogP contribution in [0.4, 0.5) is 13.2 Å². The van der Waals surface area contributed by atoms with Gasteiger partial charge >= 0.3 is 6.18 Å². The summed E-state index contributed by atoms with van der Waals surface area (Å²) in [6, 6.07) is 0. The summed E-state index contributed by atoms with van der Waals surface area (Å²) in [4.78, 5) is 15.4. The number of alkyl halides is 3. The molecule has 13 heteroatoms. The van der Waals surface area contributed by atoms with Crippen LogP contribution >= 0.6 is 11.6 Å². The second kappa shape index (κ2) is 6.67. The van der Waals surface area contributed by atoms with Crippen LogP contribution in [0.15, 0.2) is 15.7 Å². The van der Waals surface area contributed by atoms with E-state index in [1.165, 1.54) is 13.8 Å². The van der Waals surface area contributed by atoms with Crippen LogP contribution in [0.5, 0.6) is 0 Å². The number of sulfonamides is 1. The molecule has 138 valence electrons. The average molecular weight is 401 g/mol. The van der Waals surface area contributed by atoms with E-state index in [1.54, 1.807) is 4.72 Å². The summed E-state index contributed by atoms with van der Waals surface area (Å²) in [6.07, 6.45) is -4.67. The van der Waals surface area contributed by atoms with Gasteiger partial charge in [0.1, 0.15) is 10.8 Å². The Labute approximate surface area is 145 Å². The molecule has 0 radical (unpaired) electrons. The van der Waals surface area contributed by atoms with E-state index in [4.69, 9.17) is 16.1 Å². The first-order valence-corrected chi connectivity index (χ1v) is 8.56. The van der Waals surface area contributed by atoms with Crippen molar-refractivity contribution in [2.75, 3.05) is 0 Å². The van der Waals surface area contributed by atoms with Crippen molar-refractivity contribution in [3.8, 4) is 0 Å². The number of hydrogen-bond donors (Lipinski definition) is 1. The van der Waals surface area contributed by atoms with E-state index in [2.05, 4.69) is 10.1 Å². The zero-order chi connectivity index (χ0) is 19.0. The van der Waals surface area contributed by atoms with Crippen molar-refractivity contribution in [3.63, 3.8) is 0 Å². The highest BCUT2D eigenvalue weighted by Crippen LogP contribution is 2.23. The maximum atomic E-state index is 12.2. The molecule has 0 aliphatic carbocycles. The number of aryl methyl sites for hydroxylation is 3. The zero-order valence-corrected chi connectivity index (χ0v) is 14.5. The van der Waals surface area contributed by atoms with Gasteiger partial charge in [-0.05, 0) is 13.8 Å². The molecule has 0 aliphatic heterocycles. The fourth-order valence-electron chi connectivity index (χ4n) is 2.00. The zero-order valence-electron chi connectivity index (χ0n) is 12.9. The largest absolute Gasteiger partial charge is 0.390 e. The van der Waals surface area contributed by atoms with Gasteiger partial charge in [-0.1, -0.05) is 16.8 Å². The van der Waals surface area contributed by atoms with Crippen molar-refractivity contribution in [1.82, 2.24) is 19.4 Å². The Morgan fingerprint density at radius 2 is 2.04 bits per heavy atom. The first-order chi connectivity index (χ1) is 11.4. The van der Waals surface area contributed by atoms with Gasteiger partial charge in [-0.2, -0.15) is 13.2 Å². The monoisotopic (exact) mass is 400 g/mol. The van der Waals surface area contributed by atoms with Crippen LogP contribution in [0.25, 0.3) is 0 Å². The summed E-state index contributed by atoms with van der Waals surface area (Å²) in [5, 5.41) is 3.07. The van der Waals surface area contributed by atoms with Crippen molar-refractivity contribution in [1.29, 1.82) is 0 Å². The molecule has 2 rings (SSSR count). The fraction of sp³-hybridized carbons (Fsp3) is 0.417. The number of carbonyl (C=O) groups is 1. The van der Waals surface area contributed by atoms with Crippen LogP contribution in [-0.2, 0) is 16.6 Å². The Kier molecular flexibility index (Phi) is 5.14. The summed E-state index contributed by atoms with van der Waals surface area (Å²) in [5.41, 5.74) is -0.473. The van der Waals surface area contributed by atoms with E-state index in [0.29, 0.717) is 0 Å². The summed E-state index contributed by atoms with van der Waals surface area (Å²) < 4.78 is 68.6. The van der Waals surface area contributed by atoms with E-state index in [9.17, 15) is 26.4 Å². The summed E-state index contributed by atoms with van der Waals surface area (Å²) >= 11 is 5.81. The van der Waals surface area contributed by atoms with Crippen LogP contribution < -0.4 is 4.72 Å². The minimum atomic E-state index is -4.41. The molecule has 25 heavy (non-hydrogen) atoms. The molecular formula is C12H12ClF3N4O4S. The summed E-state index contributed by atoms with van der Waals surface area (Å²) in [6.45, 7) is 2.16. The van der Waals surface area contributed by atoms with Crippen molar-refractivity contribution in [2.24, 2.45) is 0 Å². The molecule has 0 unspecified atom stereocenters. The third-order valence-electron chi connectivity index (χ3n) is 3.09. The molecule has 8 nitrogen and oxygen atoms in total. The van der Waals surface area contributed by atoms with Crippen LogP contribution in [0, 0.1) is 13.8 Å². The SMILES string of the molecule is Cc1noc(C)c1S(=O)(=O)NC(=O)c1ncn(CCC(F)(F)F)c1Cl. The molecule has 2 heterocycles. The molecule has 0 saturated heterocycles. The smallest absolute Gasteiger partial charge is 0.360 e. The molecule has 0 bridgehead atoms. The molecule has 1 amide bonds. The highest BCUT2D eigenvalue weighted by molar-refractivity contribution is 7.90. The highest BCUT2D eigenvalue weighted by Gasteiger charge is 2.30. The Morgan fingerprint density at radius 3 is 2.56 bits per heavy atom. The van der Waals surface area contributed by atoms with Gasteiger partial charge in [0.2, 0.25) is 0 Å². The van der Waals surface area contributed by atoms with Gasteiger partial charge in [-0.25, -0.2) is 18.1 Å². The molecule has 0 atom stereocenters. The van der Waals surface area contributed by atoms with Gasteiger partial charge in [0, 0.05) is 6.54 Å². The summed E-state index contributed by atoms with van der Waals surface area (Å²) in [7, 11) is -4.31. The normalized spacial score (nSPS) is 12.4. The minimum Gasteiger partial charge on any atom is -0.360 e. The second-order valence-corrected chi connectivity index (χ2v) is 7.01. The van der Waals surface area contributed by atoms with Gasteiger partial charge in [-0.15, -0.1) is 0 Å². The standard InChI is InChI=1S/C12H12ClF3N4O4S/c1-6-9(7(2)24-18-6)25(22,23)19-11(21)8-10(13)20(5-17-8)4-3-12(14,15)16/h5H,3-4H2,1-2H3,(H,19,21). The molecule has 2 aromatic rings. The van der Waals surface area contributed by atoms with Gasteiger partial charge in [0.25, 0.3) is 15.9 Å². The molecule has 0 aromatic carbocycles. The Hall–Kier alpha value is -2.08. The van der Waals surface area contributed by atoms with Gasteiger partial charge in [-0.3, -0.25) is 4.79 Å². The first kappa shape index (κ1) is 19.2. The van der Waals surface area contributed by atoms with Crippen LogP contribution in [0.2, 0.25) is 5.15 Å². The number of nitrogens with zero attached hydrogens (tertiary/aromatic N) is 3. The van der Waals surface area contributed by atoms with Gasteiger partial charge < -0.3 is 9.09 Å². The number of halogens is 4. The minimum absolute atomic E-state index is 0.0281. The van der Waals surface area contributed by atoms with Gasteiger partial charge in [0.15, 0.2) is 16.3 Å². The van der Waals surface area contributed by atoms with Crippen LogP contribution in [-0.4, -0.2) is 35.2 Å². The Balaban J connectivity index is 2.21. The first-order valence-electron chi connectivity index (χ1n) is 6.70. The van der Waals surface area contributed by atoms with Crippen molar-refractivity contribution < 1.29 is 30.9 Å². The lowest BCUT2D eigenvalue weighted by Crippen LogP contribution is -2.31. The molecule has 0 aliphatic rings. The van der Waals surface area contributed by atoms with E-state index in [1.807, 2.05) is 0 Å². The number of aromatic nitrogens is 3. The number of amides is 1. The van der Waals surface area contributed by atoms with E-state index >= 15 is 0 Å². The average Bonchev–Trinajstić information content (AvgIpc) is 2.98. The lowest BCUT2D eigenvalue weighted by atomic mass is 10.4. The Bertz CT molecular complexity index is 885. The quantitative estimate of drug-likeness (QED) is 0.824. The molecule has 0 spiro atoms. The maximum Gasteiger partial charge on any atom is 0.390 e. The second-order valence-electron chi connectivity index (χ2n) is 5.03. The predicted molar refractivity (Wildman–Crippen MR) is 78.5 cm³/mol. The lowest BCUT2D eigenvalue weighted by molar-refractivity contribution is -0.136. The molecule has 0 fully saturated rings. The molecule has 2 aromatic heterocycles. The lowest BCUT2D eigenvalue weighted by Gasteiger charge is -2.08. The summed E-state index contributed by atoms with van der Waals surface area (Å²) in [5.74, 6) is -1.21. The third kappa shape index (κ3) is 4.31. The fourth-order valence-corrected chi connectivity index (χ4v) is 3.55. The number of imidazole rings is 1.